The summed E-state index contributed by atoms with van der Waals surface area (Å²) in [6, 6.07) is 17.4. The highest BCUT2D eigenvalue weighted by atomic mass is 16.6. The molecule has 4 nitrogen and oxygen atoms in total. The largest absolute Gasteiger partial charge is 0.497 e. The zero-order valence-corrected chi connectivity index (χ0v) is 13.8. The number of carbonyl (C=O) groups excluding carboxylic acids is 1. The van der Waals surface area contributed by atoms with Crippen LogP contribution in [0.5, 0.6) is 5.75 Å². The molecule has 0 atom stereocenters. The normalized spacial score (nSPS) is 15.8. The van der Waals surface area contributed by atoms with E-state index in [2.05, 4.69) is 4.99 Å². The van der Waals surface area contributed by atoms with Crippen LogP contribution >= 0.6 is 0 Å². The first-order valence-corrected chi connectivity index (χ1v) is 7.81. The van der Waals surface area contributed by atoms with Gasteiger partial charge in [0.2, 0.25) is 5.90 Å². The number of aliphatic imine (C=N–C) groups is 1. The van der Waals surface area contributed by atoms with Crippen LogP contribution in [0.25, 0.3) is 12.2 Å². The van der Waals surface area contributed by atoms with E-state index in [1.807, 2.05) is 66.7 Å². The maximum absolute atomic E-state index is 11.8. The van der Waals surface area contributed by atoms with Crippen molar-refractivity contribution in [3.63, 3.8) is 0 Å². The van der Waals surface area contributed by atoms with Gasteiger partial charge >= 0.3 is 5.97 Å². The molecule has 0 bridgehead atoms. The monoisotopic (exact) mass is 331 g/mol. The van der Waals surface area contributed by atoms with Crippen LogP contribution in [0.1, 0.15) is 11.1 Å². The number of ether oxygens (including phenoxy) is 2. The van der Waals surface area contributed by atoms with Crippen LogP contribution in [0.3, 0.4) is 0 Å². The van der Waals surface area contributed by atoms with Gasteiger partial charge in [0.15, 0.2) is 5.70 Å². The average molecular weight is 331 g/mol. The SMILES string of the molecule is COc1ccc(C=CC2=NC(=CC=Cc3ccccc3)C(=O)O2)cc1. The van der Waals surface area contributed by atoms with Crippen molar-refractivity contribution >= 4 is 24.0 Å². The number of hydrogen-bond donors (Lipinski definition) is 0. The zero-order chi connectivity index (χ0) is 17.5. The molecular formula is C21H17NO3. The van der Waals surface area contributed by atoms with Crippen molar-refractivity contribution in [2.45, 2.75) is 0 Å². The summed E-state index contributed by atoms with van der Waals surface area (Å²) in [6.45, 7) is 0. The number of benzene rings is 2. The van der Waals surface area contributed by atoms with Gasteiger partial charge in [0.25, 0.3) is 0 Å². The summed E-state index contributed by atoms with van der Waals surface area (Å²) in [7, 11) is 1.62. The van der Waals surface area contributed by atoms with Gasteiger partial charge in [-0.1, -0.05) is 54.6 Å². The third kappa shape index (κ3) is 4.54. The smallest absolute Gasteiger partial charge is 0.363 e. The van der Waals surface area contributed by atoms with E-state index in [0.717, 1.165) is 16.9 Å². The first-order chi connectivity index (χ1) is 12.2. The molecule has 0 amide bonds. The lowest BCUT2D eigenvalue weighted by Gasteiger charge is -1.98. The Balaban J connectivity index is 1.68. The van der Waals surface area contributed by atoms with E-state index >= 15 is 0 Å². The number of hydrogen-bond acceptors (Lipinski definition) is 4. The second-order valence-corrected chi connectivity index (χ2v) is 5.27. The molecule has 0 saturated carbocycles. The quantitative estimate of drug-likeness (QED) is 0.607. The fraction of sp³-hybridized carbons (Fsp3) is 0.0476. The van der Waals surface area contributed by atoms with E-state index in [1.165, 1.54) is 0 Å². The highest BCUT2D eigenvalue weighted by molar-refractivity contribution is 6.09. The third-order valence-electron chi connectivity index (χ3n) is 3.51. The maximum atomic E-state index is 11.8. The van der Waals surface area contributed by atoms with E-state index in [4.69, 9.17) is 9.47 Å². The van der Waals surface area contributed by atoms with Crippen LogP contribution in [0.2, 0.25) is 0 Å². The first-order valence-electron chi connectivity index (χ1n) is 7.81. The lowest BCUT2D eigenvalue weighted by Crippen LogP contribution is -2.00. The summed E-state index contributed by atoms with van der Waals surface area (Å²) < 4.78 is 10.3. The van der Waals surface area contributed by atoms with Crippen LogP contribution in [0, 0.1) is 0 Å². The van der Waals surface area contributed by atoms with Crippen molar-refractivity contribution in [1.82, 2.24) is 0 Å². The molecule has 1 aliphatic heterocycles. The number of rotatable bonds is 5. The van der Waals surface area contributed by atoms with Crippen molar-refractivity contribution in [3.05, 3.63) is 89.6 Å². The zero-order valence-electron chi connectivity index (χ0n) is 13.8. The molecule has 0 unspecified atom stereocenters. The molecule has 2 aromatic rings. The summed E-state index contributed by atoms with van der Waals surface area (Å²) in [5, 5.41) is 0. The molecule has 25 heavy (non-hydrogen) atoms. The Morgan fingerprint density at radius 2 is 1.64 bits per heavy atom. The van der Waals surface area contributed by atoms with E-state index in [9.17, 15) is 4.79 Å². The van der Waals surface area contributed by atoms with Crippen molar-refractivity contribution in [1.29, 1.82) is 0 Å². The Morgan fingerprint density at radius 1 is 0.920 bits per heavy atom. The van der Waals surface area contributed by atoms with Gasteiger partial charge in [-0.3, -0.25) is 0 Å². The molecule has 1 heterocycles. The first kappa shape index (κ1) is 16.5. The van der Waals surface area contributed by atoms with Gasteiger partial charge in [-0.15, -0.1) is 0 Å². The lowest BCUT2D eigenvalue weighted by molar-refractivity contribution is -0.129. The summed E-state index contributed by atoms with van der Waals surface area (Å²) in [6.07, 6.45) is 8.83. The molecule has 0 radical (unpaired) electrons. The molecule has 0 aromatic heterocycles. The third-order valence-corrected chi connectivity index (χ3v) is 3.51. The molecule has 0 N–H and O–H groups in total. The predicted molar refractivity (Wildman–Crippen MR) is 99.1 cm³/mol. The van der Waals surface area contributed by atoms with Crippen LogP contribution in [0.15, 0.2) is 83.5 Å². The molecule has 4 heteroatoms. The molecule has 1 aliphatic rings. The highest BCUT2D eigenvalue weighted by Crippen LogP contribution is 2.15. The molecule has 0 fully saturated rings. The number of methoxy groups -OCH3 is 1. The topological polar surface area (TPSA) is 47.9 Å². The number of nitrogens with zero attached hydrogens (tertiary/aromatic N) is 1. The number of cyclic esters (lactones) is 1. The van der Waals surface area contributed by atoms with Crippen molar-refractivity contribution in [2.24, 2.45) is 4.99 Å². The second-order valence-electron chi connectivity index (χ2n) is 5.27. The number of allylic oxidation sites excluding steroid dienone is 2. The van der Waals surface area contributed by atoms with Crippen molar-refractivity contribution in [2.75, 3.05) is 7.11 Å². The Kier molecular flexibility index (Phi) is 5.22. The molecule has 0 spiro atoms. The Hall–Kier alpha value is -3.40. The Bertz CT molecular complexity index is 860. The Labute approximate surface area is 146 Å². The molecular weight excluding hydrogens is 314 g/mol. The van der Waals surface area contributed by atoms with Gasteiger partial charge < -0.3 is 9.47 Å². The van der Waals surface area contributed by atoms with E-state index in [1.54, 1.807) is 25.3 Å². The standard InChI is InChI=1S/C21H17NO3/c1-24-18-13-10-17(11-14-18)12-15-20-22-19(21(23)25-20)9-5-8-16-6-3-2-4-7-16/h2-15H,1H3. The van der Waals surface area contributed by atoms with Gasteiger partial charge in [0, 0.05) is 6.08 Å². The lowest BCUT2D eigenvalue weighted by atomic mass is 10.2. The van der Waals surface area contributed by atoms with E-state index in [-0.39, 0.29) is 11.6 Å². The highest BCUT2D eigenvalue weighted by Gasteiger charge is 2.20. The maximum Gasteiger partial charge on any atom is 0.363 e. The van der Waals surface area contributed by atoms with Gasteiger partial charge in [0.05, 0.1) is 7.11 Å². The van der Waals surface area contributed by atoms with Crippen LogP contribution in [-0.4, -0.2) is 19.0 Å². The Morgan fingerprint density at radius 3 is 2.36 bits per heavy atom. The van der Waals surface area contributed by atoms with Crippen molar-refractivity contribution < 1.29 is 14.3 Å². The second kappa shape index (κ2) is 7.93. The van der Waals surface area contributed by atoms with E-state index in [0.29, 0.717) is 0 Å². The minimum absolute atomic E-state index is 0.278. The molecule has 124 valence electrons. The molecule has 3 rings (SSSR count). The van der Waals surface area contributed by atoms with E-state index < -0.39 is 5.97 Å². The van der Waals surface area contributed by atoms with Crippen LogP contribution in [0.4, 0.5) is 0 Å². The van der Waals surface area contributed by atoms with Gasteiger partial charge in [-0.05, 0) is 35.4 Å². The van der Waals surface area contributed by atoms with Gasteiger partial charge in [-0.25, -0.2) is 9.79 Å². The number of esters is 1. The minimum Gasteiger partial charge on any atom is -0.497 e. The molecule has 0 saturated heterocycles. The minimum atomic E-state index is -0.452. The predicted octanol–water partition coefficient (Wildman–Crippen LogP) is 4.26. The molecule has 0 aliphatic carbocycles. The van der Waals surface area contributed by atoms with Gasteiger partial charge in [0.1, 0.15) is 5.75 Å². The summed E-state index contributed by atoms with van der Waals surface area (Å²) >= 11 is 0. The average Bonchev–Trinajstić information content (AvgIpc) is 3.01. The number of carbonyl (C=O) groups is 1. The summed E-state index contributed by atoms with van der Waals surface area (Å²) in [4.78, 5) is 16.0. The fourth-order valence-electron chi connectivity index (χ4n) is 2.21. The summed E-state index contributed by atoms with van der Waals surface area (Å²) in [5.41, 5.74) is 2.29. The van der Waals surface area contributed by atoms with Crippen molar-refractivity contribution in [3.8, 4) is 5.75 Å². The van der Waals surface area contributed by atoms with Gasteiger partial charge in [-0.2, -0.15) is 0 Å². The summed E-state index contributed by atoms with van der Waals surface area (Å²) in [5.74, 6) is 0.615. The van der Waals surface area contributed by atoms with Crippen LogP contribution < -0.4 is 4.74 Å². The fourth-order valence-corrected chi connectivity index (χ4v) is 2.21. The molecule has 2 aromatic carbocycles. The van der Waals surface area contributed by atoms with Crippen LogP contribution in [-0.2, 0) is 9.53 Å².